The smallest absolute Gasteiger partial charge is 0.254 e. The van der Waals surface area contributed by atoms with Gasteiger partial charge < -0.3 is 10.4 Å². The number of hydrogen-bond acceptors (Lipinski definition) is 3. The van der Waals surface area contributed by atoms with E-state index < -0.39 is 0 Å². The molecule has 1 unspecified atom stereocenters. The van der Waals surface area contributed by atoms with Gasteiger partial charge >= 0.3 is 0 Å². The van der Waals surface area contributed by atoms with E-state index in [2.05, 4.69) is 10.4 Å². The highest BCUT2D eigenvalue weighted by atomic mass is 16.3. The first-order valence-electron chi connectivity index (χ1n) is 7.14. The van der Waals surface area contributed by atoms with E-state index >= 15 is 0 Å². The van der Waals surface area contributed by atoms with Gasteiger partial charge in [0.2, 0.25) is 0 Å². The van der Waals surface area contributed by atoms with Crippen molar-refractivity contribution in [3.63, 3.8) is 0 Å². The lowest BCUT2D eigenvalue weighted by atomic mass is 9.87. The predicted octanol–water partition coefficient (Wildman–Crippen LogP) is 2.30. The van der Waals surface area contributed by atoms with Crippen molar-refractivity contribution in [3.8, 4) is 0 Å². The van der Waals surface area contributed by atoms with Gasteiger partial charge in [0.15, 0.2) is 0 Å². The third kappa shape index (κ3) is 4.34. The summed E-state index contributed by atoms with van der Waals surface area (Å²) in [6, 6.07) is 0.239. The van der Waals surface area contributed by atoms with Crippen molar-refractivity contribution in [1.82, 2.24) is 15.1 Å². The van der Waals surface area contributed by atoms with Gasteiger partial charge in [-0.25, -0.2) is 0 Å². The minimum atomic E-state index is -0.368. The molecule has 1 aromatic heterocycles. The molecule has 1 atom stereocenters. The number of aliphatic hydroxyl groups is 1. The number of aliphatic hydroxyl groups excluding tert-OH is 1. The maximum Gasteiger partial charge on any atom is 0.254 e. The predicted molar refractivity (Wildman–Crippen MR) is 79.8 cm³/mol. The van der Waals surface area contributed by atoms with Crippen LogP contribution in [0.2, 0.25) is 0 Å². The highest BCUT2D eigenvalue weighted by molar-refractivity contribution is 5.95. The van der Waals surface area contributed by atoms with Gasteiger partial charge in [-0.2, -0.15) is 5.10 Å². The summed E-state index contributed by atoms with van der Waals surface area (Å²) in [5, 5.41) is 16.6. The molecule has 1 rings (SSSR count). The van der Waals surface area contributed by atoms with E-state index in [1.54, 1.807) is 13.1 Å². The standard InChI is InChI=1S/C15H27N3O2/c1-10(2)18-12(4)13(8-17-18)14(20)16-9-15(5,6)7-11(3)19/h8,10-11,19H,7,9H2,1-6H3,(H,16,20). The number of rotatable bonds is 6. The van der Waals surface area contributed by atoms with Crippen molar-refractivity contribution in [1.29, 1.82) is 0 Å². The fourth-order valence-corrected chi connectivity index (χ4v) is 2.45. The molecule has 0 aliphatic heterocycles. The van der Waals surface area contributed by atoms with Gasteiger partial charge in [0, 0.05) is 18.3 Å². The van der Waals surface area contributed by atoms with Crippen LogP contribution < -0.4 is 5.32 Å². The SMILES string of the molecule is Cc1c(C(=O)NCC(C)(C)CC(C)O)cnn1C(C)C. The lowest BCUT2D eigenvalue weighted by Crippen LogP contribution is -2.35. The lowest BCUT2D eigenvalue weighted by Gasteiger charge is -2.26. The zero-order valence-corrected chi connectivity index (χ0v) is 13.4. The second kappa shape index (κ2) is 6.39. The van der Waals surface area contributed by atoms with Gasteiger partial charge in [-0.15, -0.1) is 0 Å². The summed E-state index contributed by atoms with van der Waals surface area (Å²) < 4.78 is 1.84. The number of nitrogens with one attached hydrogen (secondary N) is 1. The van der Waals surface area contributed by atoms with Crippen LogP contribution in [0.5, 0.6) is 0 Å². The fraction of sp³-hybridized carbons (Fsp3) is 0.733. The molecule has 0 fully saturated rings. The molecule has 0 bridgehead atoms. The average Bonchev–Trinajstić information content (AvgIpc) is 2.66. The molecule has 0 saturated carbocycles. The quantitative estimate of drug-likeness (QED) is 0.840. The summed E-state index contributed by atoms with van der Waals surface area (Å²) in [6.45, 7) is 12.3. The first kappa shape index (κ1) is 16.7. The molecular formula is C15H27N3O2. The molecule has 0 saturated heterocycles. The maximum absolute atomic E-state index is 12.2. The van der Waals surface area contributed by atoms with Crippen molar-refractivity contribution < 1.29 is 9.90 Å². The van der Waals surface area contributed by atoms with Gasteiger partial charge in [0.25, 0.3) is 5.91 Å². The molecule has 0 aliphatic rings. The van der Waals surface area contributed by atoms with Crippen LogP contribution in [-0.2, 0) is 0 Å². The van der Waals surface area contributed by atoms with E-state index in [9.17, 15) is 9.90 Å². The van der Waals surface area contributed by atoms with E-state index in [-0.39, 0.29) is 23.5 Å². The highest BCUT2D eigenvalue weighted by Gasteiger charge is 2.22. The van der Waals surface area contributed by atoms with Gasteiger partial charge in [-0.3, -0.25) is 9.48 Å². The Morgan fingerprint density at radius 2 is 2.05 bits per heavy atom. The minimum absolute atomic E-state index is 0.104. The van der Waals surface area contributed by atoms with E-state index in [0.29, 0.717) is 18.5 Å². The van der Waals surface area contributed by atoms with Crippen molar-refractivity contribution in [2.45, 2.75) is 60.1 Å². The van der Waals surface area contributed by atoms with Crippen molar-refractivity contribution in [2.24, 2.45) is 5.41 Å². The van der Waals surface area contributed by atoms with Gasteiger partial charge in [0.05, 0.1) is 17.9 Å². The molecule has 20 heavy (non-hydrogen) atoms. The molecule has 5 heteroatoms. The summed E-state index contributed by atoms with van der Waals surface area (Å²) in [5.74, 6) is -0.104. The second-order valence-corrected chi connectivity index (χ2v) is 6.58. The molecule has 0 aromatic carbocycles. The summed E-state index contributed by atoms with van der Waals surface area (Å²) in [6.07, 6.45) is 1.90. The van der Waals surface area contributed by atoms with Gasteiger partial charge in [0.1, 0.15) is 0 Å². The van der Waals surface area contributed by atoms with Crippen LogP contribution in [0.3, 0.4) is 0 Å². The zero-order valence-electron chi connectivity index (χ0n) is 13.4. The van der Waals surface area contributed by atoms with E-state index in [4.69, 9.17) is 0 Å². The Morgan fingerprint density at radius 3 is 2.50 bits per heavy atom. The largest absolute Gasteiger partial charge is 0.393 e. The summed E-state index contributed by atoms with van der Waals surface area (Å²) in [5.41, 5.74) is 1.36. The zero-order chi connectivity index (χ0) is 15.5. The Kier molecular flexibility index (Phi) is 5.34. The number of nitrogens with zero attached hydrogens (tertiary/aromatic N) is 2. The molecular weight excluding hydrogens is 254 g/mol. The summed E-state index contributed by atoms with van der Waals surface area (Å²) in [4.78, 5) is 12.2. The molecule has 114 valence electrons. The van der Waals surface area contributed by atoms with Crippen LogP contribution in [-0.4, -0.2) is 33.4 Å². The molecule has 0 spiro atoms. The molecule has 5 nitrogen and oxygen atoms in total. The Bertz CT molecular complexity index is 462. The van der Waals surface area contributed by atoms with Crippen molar-refractivity contribution in [3.05, 3.63) is 17.5 Å². The molecule has 0 aliphatic carbocycles. The summed E-state index contributed by atoms with van der Waals surface area (Å²) in [7, 11) is 0. The van der Waals surface area contributed by atoms with Crippen LogP contribution in [0.15, 0.2) is 6.20 Å². The third-order valence-electron chi connectivity index (χ3n) is 3.35. The number of amides is 1. The van der Waals surface area contributed by atoms with Gasteiger partial charge in [-0.05, 0) is 39.5 Å². The van der Waals surface area contributed by atoms with Crippen LogP contribution in [0.25, 0.3) is 0 Å². The fourth-order valence-electron chi connectivity index (χ4n) is 2.45. The Labute approximate surface area is 121 Å². The molecule has 1 amide bonds. The van der Waals surface area contributed by atoms with Crippen LogP contribution in [0.1, 0.15) is 63.1 Å². The Morgan fingerprint density at radius 1 is 1.45 bits per heavy atom. The number of carbonyl (C=O) groups is 1. The van der Waals surface area contributed by atoms with E-state index in [1.165, 1.54) is 0 Å². The number of carbonyl (C=O) groups excluding carboxylic acids is 1. The molecule has 0 radical (unpaired) electrons. The average molecular weight is 281 g/mol. The van der Waals surface area contributed by atoms with Crippen LogP contribution >= 0.6 is 0 Å². The lowest BCUT2D eigenvalue weighted by molar-refractivity contribution is 0.0901. The first-order valence-corrected chi connectivity index (χ1v) is 7.14. The Hall–Kier alpha value is -1.36. The first-order chi connectivity index (χ1) is 9.14. The number of hydrogen-bond donors (Lipinski definition) is 2. The van der Waals surface area contributed by atoms with Crippen molar-refractivity contribution >= 4 is 5.91 Å². The topological polar surface area (TPSA) is 67.2 Å². The van der Waals surface area contributed by atoms with Crippen LogP contribution in [0, 0.1) is 12.3 Å². The number of aromatic nitrogens is 2. The van der Waals surface area contributed by atoms with E-state index in [0.717, 1.165) is 5.69 Å². The van der Waals surface area contributed by atoms with Crippen molar-refractivity contribution in [2.75, 3.05) is 6.54 Å². The Balaban J connectivity index is 2.68. The third-order valence-corrected chi connectivity index (χ3v) is 3.35. The second-order valence-electron chi connectivity index (χ2n) is 6.58. The van der Waals surface area contributed by atoms with Gasteiger partial charge in [-0.1, -0.05) is 13.8 Å². The molecule has 2 N–H and O–H groups in total. The minimum Gasteiger partial charge on any atom is -0.393 e. The summed E-state index contributed by atoms with van der Waals surface area (Å²) >= 11 is 0. The van der Waals surface area contributed by atoms with E-state index in [1.807, 2.05) is 39.3 Å². The monoisotopic (exact) mass is 281 g/mol. The van der Waals surface area contributed by atoms with Crippen LogP contribution in [0.4, 0.5) is 0 Å². The normalized spacial score (nSPS) is 13.6. The molecule has 1 aromatic rings. The highest BCUT2D eigenvalue weighted by Crippen LogP contribution is 2.21. The molecule has 1 heterocycles. The maximum atomic E-state index is 12.2.